The van der Waals surface area contributed by atoms with Crippen molar-refractivity contribution < 1.29 is 14.7 Å². The first kappa shape index (κ1) is 14.3. The number of nitrogens with one attached hydrogen (secondary N) is 1. The van der Waals surface area contributed by atoms with Crippen molar-refractivity contribution in [3.05, 3.63) is 0 Å². The van der Waals surface area contributed by atoms with Crippen LogP contribution in [0.4, 0.5) is 0 Å². The lowest BCUT2D eigenvalue weighted by molar-refractivity contribution is -0.146. The Morgan fingerprint density at radius 1 is 1.40 bits per heavy atom. The molecule has 1 unspecified atom stereocenters. The average molecular weight is 233 g/mol. The van der Waals surface area contributed by atoms with Crippen LogP contribution < -0.4 is 5.32 Å². The Morgan fingerprint density at radius 2 is 2.00 bits per heavy atom. The Morgan fingerprint density at radius 3 is 2.40 bits per heavy atom. The Bertz CT molecular complexity index is 233. The number of carbonyl (C=O) groups is 2. The van der Waals surface area contributed by atoms with Gasteiger partial charge >= 0.3 is 5.97 Å². The summed E-state index contributed by atoms with van der Waals surface area (Å²) in [5, 5.41) is 11.5. The molecular weight excluding hydrogens is 214 g/mol. The summed E-state index contributed by atoms with van der Waals surface area (Å²) in [6.07, 6.45) is 1.40. The number of amides is 1. The smallest absolute Gasteiger partial charge is 0.329 e. The molecule has 88 valence electrons. The lowest BCUT2D eigenvalue weighted by Crippen LogP contribution is -2.52. The third-order valence-electron chi connectivity index (χ3n) is 2.18. The second-order valence-electron chi connectivity index (χ2n) is 3.59. The summed E-state index contributed by atoms with van der Waals surface area (Å²) in [6.45, 7) is 5.31. The molecule has 0 aromatic heterocycles. The van der Waals surface area contributed by atoms with Gasteiger partial charge in [-0.25, -0.2) is 4.79 Å². The van der Waals surface area contributed by atoms with E-state index in [-0.39, 0.29) is 5.91 Å². The molecule has 2 N–H and O–H groups in total. The van der Waals surface area contributed by atoms with Gasteiger partial charge in [0.2, 0.25) is 5.91 Å². The van der Waals surface area contributed by atoms with Crippen LogP contribution in [-0.2, 0) is 9.59 Å². The highest BCUT2D eigenvalue weighted by Crippen LogP contribution is 2.10. The largest absolute Gasteiger partial charge is 0.480 e. The molecule has 1 atom stereocenters. The zero-order valence-electron chi connectivity index (χ0n) is 9.50. The maximum atomic E-state index is 11.4. The minimum atomic E-state index is -1.14. The van der Waals surface area contributed by atoms with E-state index in [1.165, 1.54) is 18.7 Å². The first-order valence-corrected chi connectivity index (χ1v) is 6.24. The number of thioether (sulfide) groups is 1. The summed E-state index contributed by atoms with van der Waals surface area (Å²) in [7, 11) is 0. The van der Waals surface area contributed by atoms with Crippen LogP contribution in [0.15, 0.2) is 0 Å². The van der Waals surface area contributed by atoms with Crippen LogP contribution >= 0.6 is 11.8 Å². The van der Waals surface area contributed by atoms with Gasteiger partial charge in [0.1, 0.15) is 5.54 Å². The molecule has 0 fully saturated rings. The molecule has 0 aliphatic carbocycles. The van der Waals surface area contributed by atoms with Gasteiger partial charge in [0, 0.05) is 0 Å². The van der Waals surface area contributed by atoms with Gasteiger partial charge in [0.05, 0.1) is 5.75 Å². The lowest BCUT2D eigenvalue weighted by atomic mass is 9.99. The summed E-state index contributed by atoms with van der Waals surface area (Å²) in [5.74, 6) is 0.0547. The Balaban J connectivity index is 4.08. The van der Waals surface area contributed by atoms with Crippen LogP contribution in [0, 0.1) is 0 Å². The molecule has 0 aromatic rings. The second kappa shape index (κ2) is 6.71. The van der Waals surface area contributed by atoms with Gasteiger partial charge in [0.15, 0.2) is 0 Å². The van der Waals surface area contributed by atoms with Crippen molar-refractivity contribution in [3.8, 4) is 0 Å². The van der Waals surface area contributed by atoms with Crippen molar-refractivity contribution in [1.29, 1.82) is 0 Å². The average Bonchev–Trinajstić information content (AvgIpc) is 2.17. The molecule has 0 heterocycles. The maximum absolute atomic E-state index is 11.4. The second-order valence-corrected chi connectivity index (χ2v) is 4.70. The fourth-order valence-electron chi connectivity index (χ4n) is 0.946. The van der Waals surface area contributed by atoms with E-state index in [9.17, 15) is 9.59 Å². The summed E-state index contributed by atoms with van der Waals surface area (Å²) >= 11 is 1.52. The Labute approximate surface area is 94.8 Å². The van der Waals surface area contributed by atoms with Gasteiger partial charge < -0.3 is 10.4 Å². The first-order valence-electron chi connectivity index (χ1n) is 5.08. The summed E-state index contributed by atoms with van der Waals surface area (Å²) < 4.78 is 0. The van der Waals surface area contributed by atoms with Gasteiger partial charge in [0.25, 0.3) is 0 Å². The molecular formula is C10H19NO3S. The van der Waals surface area contributed by atoms with Gasteiger partial charge in [-0.2, -0.15) is 11.8 Å². The SMILES string of the molecule is CCCSCC(=O)NC(C)(CC)C(=O)O. The fraction of sp³-hybridized carbons (Fsp3) is 0.800. The number of carboxylic acid groups (broad SMARTS) is 1. The molecule has 0 bridgehead atoms. The fourth-order valence-corrected chi connectivity index (χ4v) is 1.64. The van der Waals surface area contributed by atoms with E-state index in [0.29, 0.717) is 12.2 Å². The van der Waals surface area contributed by atoms with E-state index in [0.717, 1.165) is 12.2 Å². The van der Waals surface area contributed by atoms with E-state index in [1.54, 1.807) is 6.92 Å². The van der Waals surface area contributed by atoms with Crippen LogP contribution in [0.2, 0.25) is 0 Å². The van der Waals surface area contributed by atoms with Crippen molar-refractivity contribution in [2.45, 2.75) is 39.2 Å². The quantitative estimate of drug-likeness (QED) is 0.654. The van der Waals surface area contributed by atoms with Crippen LogP contribution in [0.1, 0.15) is 33.6 Å². The van der Waals surface area contributed by atoms with Gasteiger partial charge in [-0.3, -0.25) is 4.79 Å². The van der Waals surface area contributed by atoms with Gasteiger partial charge in [-0.05, 0) is 25.5 Å². The highest BCUT2D eigenvalue weighted by atomic mass is 32.2. The monoisotopic (exact) mass is 233 g/mol. The van der Waals surface area contributed by atoms with Crippen LogP contribution in [-0.4, -0.2) is 34.0 Å². The molecule has 0 aliphatic heterocycles. The molecule has 0 saturated carbocycles. The van der Waals surface area contributed by atoms with E-state index in [4.69, 9.17) is 5.11 Å². The lowest BCUT2D eigenvalue weighted by Gasteiger charge is -2.24. The predicted octanol–water partition coefficient (Wildman–Crippen LogP) is 1.50. The van der Waals surface area contributed by atoms with Crippen molar-refractivity contribution in [2.24, 2.45) is 0 Å². The third-order valence-corrected chi connectivity index (χ3v) is 3.34. The van der Waals surface area contributed by atoms with Crippen molar-refractivity contribution in [2.75, 3.05) is 11.5 Å². The number of hydrogen-bond donors (Lipinski definition) is 2. The number of carboxylic acids is 1. The predicted molar refractivity (Wildman–Crippen MR) is 62.1 cm³/mol. The van der Waals surface area contributed by atoms with E-state index in [1.807, 2.05) is 6.92 Å². The third kappa shape index (κ3) is 5.06. The number of carbonyl (C=O) groups excluding carboxylic acids is 1. The molecule has 5 heteroatoms. The molecule has 4 nitrogen and oxygen atoms in total. The van der Waals surface area contributed by atoms with Crippen LogP contribution in [0.5, 0.6) is 0 Å². The Hall–Kier alpha value is -0.710. The highest BCUT2D eigenvalue weighted by molar-refractivity contribution is 7.99. The summed E-state index contributed by atoms with van der Waals surface area (Å²) in [6, 6.07) is 0. The number of rotatable bonds is 7. The van der Waals surface area contributed by atoms with Gasteiger partial charge in [-0.15, -0.1) is 0 Å². The van der Waals surface area contributed by atoms with Gasteiger partial charge in [-0.1, -0.05) is 13.8 Å². The minimum Gasteiger partial charge on any atom is -0.480 e. The van der Waals surface area contributed by atoms with Crippen LogP contribution in [0.3, 0.4) is 0 Å². The minimum absolute atomic E-state index is 0.208. The standard InChI is InChI=1S/C10H19NO3S/c1-4-6-15-7-8(12)11-10(3,5-2)9(13)14/h4-7H2,1-3H3,(H,11,12)(H,13,14). The molecule has 0 rings (SSSR count). The summed E-state index contributed by atoms with van der Waals surface area (Å²) in [4.78, 5) is 22.3. The van der Waals surface area contributed by atoms with E-state index in [2.05, 4.69) is 5.32 Å². The zero-order chi connectivity index (χ0) is 11.9. The molecule has 0 saturated heterocycles. The van der Waals surface area contributed by atoms with Crippen molar-refractivity contribution >= 4 is 23.6 Å². The molecule has 0 aromatic carbocycles. The molecule has 0 aliphatic rings. The summed E-state index contributed by atoms with van der Waals surface area (Å²) in [5.41, 5.74) is -1.14. The molecule has 1 amide bonds. The zero-order valence-corrected chi connectivity index (χ0v) is 10.3. The number of aliphatic carboxylic acids is 1. The topological polar surface area (TPSA) is 66.4 Å². The van der Waals surface area contributed by atoms with Crippen molar-refractivity contribution in [1.82, 2.24) is 5.32 Å². The Kier molecular flexibility index (Phi) is 6.40. The maximum Gasteiger partial charge on any atom is 0.329 e. The molecule has 15 heavy (non-hydrogen) atoms. The molecule has 0 radical (unpaired) electrons. The van der Waals surface area contributed by atoms with E-state index < -0.39 is 11.5 Å². The highest BCUT2D eigenvalue weighted by Gasteiger charge is 2.32. The molecule has 0 spiro atoms. The van der Waals surface area contributed by atoms with E-state index >= 15 is 0 Å². The number of hydrogen-bond acceptors (Lipinski definition) is 3. The van der Waals surface area contributed by atoms with Crippen molar-refractivity contribution in [3.63, 3.8) is 0 Å². The first-order chi connectivity index (χ1) is 6.96. The normalized spacial score (nSPS) is 14.3. The van der Waals surface area contributed by atoms with Crippen LogP contribution in [0.25, 0.3) is 0 Å².